The Labute approximate surface area is 150 Å². The second-order valence-corrected chi connectivity index (χ2v) is 7.07. The van der Waals surface area contributed by atoms with E-state index in [0.29, 0.717) is 12.5 Å². The lowest BCUT2D eigenvalue weighted by Crippen LogP contribution is -2.34. The summed E-state index contributed by atoms with van der Waals surface area (Å²) in [5.41, 5.74) is 3.71. The molecule has 0 bridgehead atoms. The van der Waals surface area contributed by atoms with E-state index in [1.807, 2.05) is 10.9 Å². The zero-order chi connectivity index (χ0) is 17.5. The Hall–Kier alpha value is -1.85. The molecule has 0 radical (unpaired) electrons. The second-order valence-electron chi connectivity index (χ2n) is 7.07. The van der Waals surface area contributed by atoms with Crippen molar-refractivity contribution in [1.29, 1.82) is 0 Å². The largest absolute Gasteiger partial charge is 0.396 e. The van der Waals surface area contributed by atoms with E-state index in [0.717, 1.165) is 57.7 Å². The Balaban J connectivity index is 1.50. The van der Waals surface area contributed by atoms with Crippen molar-refractivity contribution >= 4 is 5.69 Å². The summed E-state index contributed by atoms with van der Waals surface area (Å²) in [6, 6.07) is 8.69. The van der Waals surface area contributed by atoms with Crippen LogP contribution >= 0.6 is 0 Å². The Morgan fingerprint density at radius 1 is 1.24 bits per heavy atom. The lowest BCUT2D eigenvalue weighted by atomic mass is 9.97. The average molecular weight is 342 g/mol. The van der Waals surface area contributed by atoms with Gasteiger partial charge in [-0.25, -0.2) is 0 Å². The minimum absolute atomic E-state index is 0.335. The average Bonchev–Trinajstić information content (AvgIpc) is 3.09. The van der Waals surface area contributed by atoms with Gasteiger partial charge in [-0.15, -0.1) is 0 Å². The predicted molar refractivity (Wildman–Crippen MR) is 101 cm³/mol. The van der Waals surface area contributed by atoms with E-state index >= 15 is 0 Å². The van der Waals surface area contributed by atoms with E-state index in [2.05, 4.69) is 52.7 Å². The summed E-state index contributed by atoms with van der Waals surface area (Å²) in [7, 11) is 0. The van der Waals surface area contributed by atoms with Gasteiger partial charge in [0, 0.05) is 43.7 Å². The molecule has 0 saturated carbocycles. The maximum Gasteiger partial charge on any atom is 0.0539 e. The summed E-state index contributed by atoms with van der Waals surface area (Å²) in [5.74, 6) is 0.498. The van der Waals surface area contributed by atoms with E-state index in [1.54, 1.807) is 0 Å². The lowest BCUT2D eigenvalue weighted by Gasteiger charge is -2.31. The highest BCUT2D eigenvalue weighted by molar-refractivity contribution is 5.46. The Kier molecular flexibility index (Phi) is 6.48. The summed E-state index contributed by atoms with van der Waals surface area (Å²) >= 11 is 0. The van der Waals surface area contributed by atoms with Crippen molar-refractivity contribution in [2.24, 2.45) is 5.92 Å². The monoisotopic (exact) mass is 342 g/mol. The van der Waals surface area contributed by atoms with Crippen LogP contribution in [0.5, 0.6) is 0 Å². The highest BCUT2D eigenvalue weighted by atomic mass is 16.3. The number of aromatic nitrogens is 2. The molecule has 0 amide bonds. The van der Waals surface area contributed by atoms with Gasteiger partial charge in [-0.1, -0.05) is 19.1 Å². The standard InChI is InChI=1S/C20H30N4O/c1-2-8-24-15-19(13-22-24)12-21-20-5-3-4-18(11-20)14-23-9-6-17(16-25)7-10-23/h3-5,11,13,15,17,21,25H,2,6-10,12,14,16H2,1H3. The van der Waals surface area contributed by atoms with Crippen LogP contribution in [0.2, 0.25) is 0 Å². The molecule has 5 nitrogen and oxygen atoms in total. The topological polar surface area (TPSA) is 53.3 Å². The third kappa shape index (κ3) is 5.31. The number of aliphatic hydroxyl groups excluding tert-OH is 1. The summed E-state index contributed by atoms with van der Waals surface area (Å²) < 4.78 is 2.00. The second kappa shape index (κ2) is 9.02. The maximum absolute atomic E-state index is 9.26. The van der Waals surface area contributed by atoms with Crippen LogP contribution in [0.4, 0.5) is 5.69 Å². The zero-order valence-electron chi connectivity index (χ0n) is 15.2. The molecule has 0 unspecified atom stereocenters. The molecule has 2 heterocycles. The molecular weight excluding hydrogens is 312 g/mol. The van der Waals surface area contributed by atoms with Crippen LogP contribution in [-0.2, 0) is 19.6 Å². The van der Waals surface area contributed by atoms with E-state index in [4.69, 9.17) is 0 Å². The molecule has 1 saturated heterocycles. The number of hydrogen-bond donors (Lipinski definition) is 2. The fraction of sp³-hybridized carbons (Fsp3) is 0.550. The van der Waals surface area contributed by atoms with Gasteiger partial charge in [0.2, 0.25) is 0 Å². The molecule has 0 aliphatic carbocycles. The van der Waals surface area contributed by atoms with Gasteiger partial charge in [-0.3, -0.25) is 9.58 Å². The quantitative estimate of drug-likeness (QED) is 0.774. The molecule has 2 N–H and O–H groups in total. The van der Waals surface area contributed by atoms with Crippen molar-refractivity contribution < 1.29 is 5.11 Å². The highest BCUT2D eigenvalue weighted by Crippen LogP contribution is 2.20. The number of rotatable bonds is 8. The van der Waals surface area contributed by atoms with Gasteiger partial charge in [-0.05, 0) is 56.0 Å². The smallest absolute Gasteiger partial charge is 0.0539 e. The van der Waals surface area contributed by atoms with Crippen LogP contribution in [0.1, 0.15) is 37.3 Å². The molecule has 1 aromatic heterocycles. The SMILES string of the molecule is CCCn1cc(CNc2cccc(CN3CCC(CO)CC3)c2)cn1. The minimum atomic E-state index is 0.335. The van der Waals surface area contributed by atoms with Crippen molar-refractivity contribution in [3.63, 3.8) is 0 Å². The summed E-state index contributed by atoms with van der Waals surface area (Å²) in [4.78, 5) is 2.49. The van der Waals surface area contributed by atoms with E-state index < -0.39 is 0 Å². The van der Waals surface area contributed by atoms with Crippen molar-refractivity contribution in [2.45, 2.75) is 45.8 Å². The first-order valence-electron chi connectivity index (χ1n) is 9.44. The van der Waals surface area contributed by atoms with Crippen LogP contribution in [0, 0.1) is 5.92 Å². The number of aliphatic hydroxyl groups is 1. The molecule has 2 aromatic rings. The van der Waals surface area contributed by atoms with Crippen LogP contribution in [0.15, 0.2) is 36.7 Å². The number of aryl methyl sites for hydroxylation is 1. The fourth-order valence-electron chi connectivity index (χ4n) is 3.42. The minimum Gasteiger partial charge on any atom is -0.396 e. The van der Waals surface area contributed by atoms with Gasteiger partial charge in [0.1, 0.15) is 0 Å². The van der Waals surface area contributed by atoms with Gasteiger partial charge < -0.3 is 10.4 Å². The van der Waals surface area contributed by atoms with Crippen LogP contribution in [0.25, 0.3) is 0 Å². The van der Waals surface area contributed by atoms with Gasteiger partial charge in [-0.2, -0.15) is 5.10 Å². The summed E-state index contributed by atoms with van der Waals surface area (Å²) in [6.07, 6.45) is 7.38. The Morgan fingerprint density at radius 3 is 2.84 bits per heavy atom. The molecule has 0 spiro atoms. The van der Waals surface area contributed by atoms with E-state index in [9.17, 15) is 5.11 Å². The number of nitrogens with zero attached hydrogens (tertiary/aromatic N) is 3. The maximum atomic E-state index is 9.26. The summed E-state index contributed by atoms with van der Waals surface area (Å²) in [5, 5.41) is 17.1. The lowest BCUT2D eigenvalue weighted by molar-refractivity contribution is 0.127. The normalized spacial score (nSPS) is 16.2. The number of benzene rings is 1. The highest BCUT2D eigenvalue weighted by Gasteiger charge is 2.18. The fourth-order valence-corrected chi connectivity index (χ4v) is 3.42. The van der Waals surface area contributed by atoms with E-state index in [1.165, 1.54) is 11.1 Å². The first kappa shape index (κ1) is 18.0. The molecule has 1 fully saturated rings. The van der Waals surface area contributed by atoms with Crippen molar-refractivity contribution in [1.82, 2.24) is 14.7 Å². The number of anilines is 1. The number of hydrogen-bond acceptors (Lipinski definition) is 4. The molecule has 25 heavy (non-hydrogen) atoms. The molecule has 1 aromatic carbocycles. The molecular formula is C20H30N4O. The van der Waals surface area contributed by atoms with Gasteiger partial charge >= 0.3 is 0 Å². The Bertz CT molecular complexity index is 647. The van der Waals surface area contributed by atoms with Crippen LogP contribution in [0.3, 0.4) is 0 Å². The molecule has 1 aliphatic heterocycles. The number of likely N-dealkylation sites (tertiary alicyclic amines) is 1. The zero-order valence-corrected chi connectivity index (χ0v) is 15.2. The molecule has 136 valence electrons. The Morgan fingerprint density at radius 2 is 2.08 bits per heavy atom. The summed E-state index contributed by atoms with van der Waals surface area (Å²) in [6.45, 7) is 7.43. The first-order chi connectivity index (χ1) is 12.3. The third-order valence-corrected chi connectivity index (χ3v) is 4.93. The van der Waals surface area contributed by atoms with Crippen LogP contribution in [-0.4, -0.2) is 39.5 Å². The van der Waals surface area contributed by atoms with Crippen molar-refractivity contribution in [2.75, 3.05) is 25.0 Å². The van der Waals surface area contributed by atoms with Crippen LogP contribution < -0.4 is 5.32 Å². The van der Waals surface area contributed by atoms with Crippen molar-refractivity contribution in [3.8, 4) is 0 Å². The predicted octanol–water partition coefficient (Wildman–Crippen LogP) is 3.11. The number of nitrogens with one attached hydrogen (secondary N) is 1. The molecule has 3 rings (SSSR count). The van der Waals surface area contributed by atoms with Crippen molar-refractivity contribution in [3.05, 3.63) is 47.8 Å². The number of piperidine rings is 1. The molecule has 1 aliphatic rings. The van der Waals surface area contributed by atoms with Gasteiger partial charge in [0.05, 0.1) is 6.20 Å². The molecule has 5 heteroatoms. The molecule has 0 atom stereocenters. The first-order valence-corrected chi connectivity index (χ1v) is 9.44. The van der Waals surface area contributed by atoms with Gasteiger partial charge in [0.25, 0.3) is 0 Å². The van der Waals surface area contributed by atoms with E-state index in [-0.39, 0.29) is 0 Å². The van der Waals surface area contributed by atoms with Gasteiger partial charge in [0.15, 0.2) is 0 Å². The third-order valence-electron chi connectivity index (χ3n) is 4.93.